The van der Waals surface area contributed by atoms with Crippen LogP contribution in [0.1, 0.15) is 19.8 Å². The van der Waals surface area contributed by atoms with Crippen molar-refractivity contribution in [3.05, 3.63) is 0 Å². The van der Waals surface area contributed by atoms with Crippen molar-refractivity contribution in [2.24, 2.45) is 0 Å². The number of hydrogen-bond acceptors (Lipinski definition) is 3. The summed E-state index contributed by atoms with van der Waals surface area (Å²) >= 11 is 0. The van der Waals surface area contributed by atoms with E-state index in [9.17, 15) is 9.67 Å². The highest BCUT2D eigenvalue weighted by atomic mass is 31.1. The van der Waals surface area contributed by atoms with Gasteiger partial charge in [-0.3, -0.25) is 0 Å². The molecule has 0 amide bonds. The zero-order chi connectivity index (χ0) is 9.14. The summed E-state index contributed by atoms with van der Waals surface area (Å²) in [4.78, 5) is 8.56. The van der Waals surface area contributed by atoms with E-state index in [-0.39, 0.29) is 18.2 Å². The van der Waals surface area contributed by atoms with Crippen LogP contribution in [0.4, 0.5) is 0 Å². The molecule has 1 unspecified atom stereocenters. The molecule has 1 aliphatic heterocycles. The summed E-state index contributed by atoms with van der Waals surface area (Å²) in [5.74, 6) is 0. The predicted molar refractivity (Wildman–Crippen MR) is 46.3 cm³/mol. The number of aliphatic hydroxyl groups excluding tert-OH is 1. The lowest BCUT2D eigenvalue weighted by Crippen LogP contribution is -2.30. The molecule has 70 valence electrons. The first-order valence-electron chi connectivity index (χ1n) is 4.17. The summed E-state index contributed by atoms with van der Waals surface area (Å²) in [6.07, 6.45) is 1.40. The van der Waals surface area contributed by atoms with Gasteiger partial charge >= 0.3 is 8.03 Å². The van der Waals surface area contributed by atoms with E-state index in [1.54, 1.807) is 0 Å². The normalized spacial score (nSPS) is 36.9. The molecule has 4 atom stereocenters. The highest BCUT2D eigenvalue weighted by Gasteiger charge is 2.30. The van der Waals surface area contributed by atoms with E-state index >= 15 is 0 Å². The second kappa shape index (κ2) is 4.28. The molecule has 0 aromatic carbocycles. The van der Waals surface area contributed by atoms with Gasteiger partial charge in [0.05, 0.1) is 6.10 Å². The maximum atomic E-state index is 10.4. The van der Waals surface area contributed by atoms with Crippen LogP contribution in [0.3, 0.4) is 0 Å². The van der Waals surface area contributed by atoms with Crippen molar-refractivity contribution < 1.29 is 14.6 Å². The fourth-order valence-electron chi connectivity index (χ4n) is 1.51. The highest BCUT2D eigenvalue weighted by Crippen LogP contribution is 2.21. The van der Waals surface area contributed by atoms with Gasteiger partial charge in [0.25, 0.3) is 0 Å². The van der Waals surface area contributed by atoms with Gasteiger partial charge in [-0.25, -0.2) is 0 Å². The summed E-state index contributed by atoms with van der Waals surface area (Å²) in [6, 6.07) is 0.327. The molecule has 0 radical (unpaired) electrons. The van der Waals surface area contributed by atoms with Gasteiger partial charge in [0.2, 0.25) is 0 Å². The SMILES string of the molecule is C[C@@H]1N[C@H](CC[P+](=O)O)C[C@H]1O. The Morgan fingerprint density at radius 1 is 1.67 bits per heavy atom. The van der Waals surface area contributed by atoms with Gasteiger partial charge in [-0.15, -0.1) is 0 Å². The van der Waals surface area contributed by atoms with Crippen LogP contribution in [0.25, 0.3) is 0 Å². The Hall–Kier alpha value is -0.0200. The first kappa shape index (κ1) is 10.1. The topological polar surface area (TPSA) is 69.6 Å². The Balaban J connectivity index is 2.23. The van der Waals surface area contributed by atoms with Crippen LogP contribution >= 0.6 is 8.03 Å². The van der Waals surface area contributed by atoms with Gasteiger partial charge in [0.15, 0.2) is 6.16 Å². The van der Waals surface area contributed by atoms with Crippen molar-refractivity contribution in [2.75, 3.05) is 6.16 Å². The number of rotatable bonds is 3. The van der Waals surface area contributed by atoms with Crippen LogP contribution < -0.4 is 5.32 Å². The van der Waals surface area contributed by atoms with E-state index in [2.05, 4.69) is 5.32 Å². The first-order valence-corrected chi connectivity index (χ1v) is 5.57. The van der Waals surface area contributed by atoms with E-state index in [0.29, 0.717) is 19.0 Å². The minimum atomic E-state index is -2.02. The minimum absolute atomic E-state index is 0.117. The predicted octanol–water partition coefficient (Wildman–Crippen LogP) is 0.222. The molecule has 1 rings (SSSR count). The third-order valence-corrected chi connectivity index (χ3v) is 2.91. The maximum absolute atomic E-state index is 10.4. The zero-order valence-electron chi connectivity index (χ0n) is 7.10. The summed E-state index contributed by atoms with van der Waals surface area (Å²) in [7, 11) is -2.02. The molecule has 0 aliphatic carbocycles. The van der Waals surface area contributed by atoms with Gasteiger partial charge < -0.3 is 10.4 Å². The van der Waals surface area contributed by atoms with E-state index in [4.69, 9.17) is 4.89 Å². The molecule has 1 fully saturated rings. The Morgan fingerprint density at radius 3 is 2.75 bits per heavy atom. The summed E-state index contributed by atoms with van der Waals surface area (Å²) in [6.45, 7) is 1.92. The maximum Gasteiger partial charge on any atom is 0.505 e. The number of nitrogens with one attached hydrogen (secondary N) is 1. The molecule has 1 aliphatic rings. The average Bonchev–Trinajstić information content (AvgIpc) is 2.28. The van der Waals surface area contributed by atoms with Crippen molar-refractivity contribution in [1.29, 1.82) is 0 Å². The quantitative estimate of drug-likeness (QED) is 0.559. The molecular formula is C7H15NO3P+. The smallest absolute Gasteiger partial charge is 0.391 e. The molecule has 0 saturated carbocycles. The summed E-state index contributed by atoms with van der Waals surface area (Å²) in [5.41, 5.74) is 0. The molecule has 0 spiro atoms. The molecule has 4 nitrogen and oxygen atoms in total. The summed E-state index contributed by atoms with van der Waals surface area (Å²) < 4.78 is 10.4. The van der Waals surface area contributed by atoms with Crippen LogP contribution in [0.5, 0.6) is 0 Å². The van der Waals surface area contributed by atoms with Crippen molar-refractivity contribution in [3.63, 3.8) is 0 Å². The van der Waals surface area contributed by atoms with Crippen LogP contribution in [0, 0.1) is 0 Å². The van der Waals surface area contributed by atoms with E-state index in [1.165, 1.54) is 0 Å². The van der Waals surface area contributed by atoms with E-state index in [0.717, 1.165) is 0 Å². The Bertz CT molecular complexity index is 166. The van der Waals surface area contributed by atoms with Crippen molar-refractivity contribution in [3.8, 4) is 0 Å². The largest absolute Gasteiger partial charge is 0.505 e. The Kier molecular flexibility index (Phi) is 3.59. The minimum Gasteiger partial charge on any atom is -0.391 e. The first-order chi connectivity index (χ1) is 5.59. The third-order valence-electron chi connectivity index (χ3n) is 2.27. The molecule has 0 aromatic rings. The van der Waals surface area contributed by atoms with E-state index in [1.807, 2.05) is 6.92 Å². The second-order valence-corrected chi connectivity index (χ2v) is 4.47. The molecule has 0 bridgehead atoms. The number of aliphatic hydroxyl groups is 1. The standard InChI is InChI=1S/C7H14NO3P/c1-5-7(9)4-6(8-5)2-3-12(10)11/h5-9H,2-4H2,1H3/p+1/t5-,6+,7+/m0/s1. The third kappa shape index (κ3) is 2.79. The van der Waals surface area contributed by atoms with E-state index < -0.39 is 8.03 Å². The van der Waals surface area contributed by atoms with Gasteiger partial charge in [0, 0.05) is 18.5 Å². The average molecular weight is 192 g/mol. The van der Waals surface area contributed by atoms with Gasteiger partial charge in [-0.05, 0) is 17.9 Å². The fourth-order valence-corrected chi connectivity index (χ4v) is 2.05. The van der Waals surface area contributed by atoms with Gasteiger partial charge in [0.1, 0.15) is 0 Å². The fraction of sp³-hybridized carbons (Fsp3) is 1.00. The molecular weight excluding hydrogens is 177 g/mol. The lowest BCUT2D eigenvalue weighted by atomic mass is 10.1. The monoisotopic (exact) mass is 192 g/mol. The second-order valence-electron chi connectivity index (χ2n) is 3.32. The molecule has 5 heteroatoms. The summed E-state index contributed by atoms with van der Waals surface area (Å²) in [5, 5.41) is 12.5. The molecule has 1 saturated heterocycles. The zero-order valence-corrected chi connectivity index (χ0v) is 8.00. The van der Waals surface area contributed by atoms with Crippen molar-refractivity contribution >= 4 is 8.03 Å². The van der Waals surface area contributed by atoms with Gasteiger partial charge in [-0.1, -0.05) is 0 Å². The lowest BCUT2D eigenvalue weighted by Gasteiger charge is -2.07. The van der Waals surface area contributed by atoms with Gasteiger partial charge in [-0.2, -0.15) is 4.89 Å². The van der Waals surface area contributed by atoms with Crippen LogP contribution in [-0.2, 0) is 4.57 Å². The van der Waals surface area contributed by atoms with Crippen LogP contribution in [0.2, 0.25) is 0 Å². The van der Waals surface area contributed by atoms with Crippen LogP contribution in [0.15, 0.2) is 0 Å². The van der Waals surface area contributed by atoms with Crippen molar-refractivity contribution in [1.82, 2.24) is 5.32 Å². The number of hydrogen-bond donors (Lipinski definition) is 3. The van der Waals surface area contributed by atoms with Crippen LogP contribution in [-0.4, -0.2) is 34.3 Å². The Morgan fingerprint density at radius 2 is 2.33 bits per heavy atom. The van der Waals surface area contributed by atoms with Crippen molar-refractivity contribution in [2.45, 2.75) is 38.0 Å². The molecule has 12 heavy (non-hydrogen) atoms. The lowest BCUT2D eigenvalue weighted by molar-refractivity contribution is 0.164. The highest BCUT2D eigenvalue weighted by molar-refractivity contribution is 7.37. The molecule has 3 N–H and O–H groups in total. The Labute approximate surface area is 72.9 Å². The molecule has 1 heterocycles. The molecule has 0 aromatic heterocycles.